The zero-order valence-corrected chi connectivity index (χ0v) is 7.51. The molecular formula is C8H15N3O2. The van der Waals surface area contributed by atoms with Crippen LogP contribution in [0, 0.1) is 0 Å². The van der Waals surface area contributed by atoms with Gasteiger partial charge in [0.25, 0.3) is 0 Å². The topological polar surface area (TPSA) is 98.2 Å². The minimum Gasteiger partial charge on any atom is -0.370 e. The average Bonchev–Trinajstić information content (AvgIpc) is 2.78. The van der Waals surface area contributed by atoms with E-state index in [2.05, 4.69) is 5.32 Å². The van der Waals surface area contributed by atoms with Crippen molar-refractivity contribution in [3.63, 3.8) is 0 Å². The highest BCUT2D eigenvalue weighted by Crippen LogP contribution is 2.31. The van der Waals surface area contributed by atoms with Crippen molar-refractivity contribution in [2.75, 3.05) is 6.54 Å². The van der Waals surface area contributed by atoms with Crippen molar-refractivity contribution < 1.29 is 9.59 Å². The summed E-state index contributed by atoms with van der Waals surface area (Å²) in [6.45, 7) is 0.473. The number of rotatable bonds is 5. The molecule has 5 N–H and O–H groups in total. The number of carbonyl (C=O) groups is 2. The largest absolute Gasteiger partial charge is 0.370 e. The van der Waals surface area contributed by atoms with E-state index in [0.29, 0.717) is 19.4 Å². The Morgan fingerprint density at radius 1 is 1.38 bits per heavy atom. The van der Waals surface area contributed by atoms with Gasteiger partial charge in [0.05, 0.1) is 5.54 Å². The van der Waals surface area contributed by atoms with Gasteiger partial charge < -0.3 is 16.8 Å². The first-order valence-corrected chi connectivity index (χ1v) is 4.40. The highest BCUT2D eigenvalue weighted by Gasteiger charge is 2.45. The fourth-order valence-corrected chi connectivity index (χ4v) is 1.00. The molecule has 0 spiro atoms. The molecule has 0 aromatic rings. The van der Waals surface area contributed by atoms with Gasteiger partial charge in [-0.25, -0.2) is 0 Å². The normalized spacial score (nSPS) is 17.9. The SMILES string of the molecule is NC(=O)CCCNC(=O)C1(N)CC1. The van der Waals surface area contributed by atoms with Gasteiger partial charge in [0, 0.05) is 13.0 Å². The van der Waals surface area contributed by atoms with Crippen LogP contribution in [-0.2, 0) is 9.59 Å². The fraction of sp³-hybridized carbons (Fsp3) is 0.750. The Hall–Kier alpha value is -1.10. The van der Waals surface area contributed by atoms with Gasteiger partial charge in [0.1, 0.15) is 0 Å². The molecule has 5 heteroatoms. The second-order valence-corrected chi connectivity index (χ2v) is 3.48. The molecule has 0 unspecified atom stereocenters. The van der Waals surface area contributed by atoms with E-state index in [9.17, 15) is 9.59 Å². The fourth-order valence-electron chi connectivity index (χ4n) is 1.00. The highest BCUT2D eigenvalue weighted by molar-refractivity contribution is 5.88. The van der Waals surface area contributed by atoms with E-state index in [0.717, 1.165) is 12.8 Å². The average molecular weight is 185 g/mol. The van der Waals surface area contributed by atoms with E-state index in [1.165, 1.54) is 0 Å². The summed E-state index contributed by atoms with van der Waals surface area (Å²) < 4.78 is 0. The summed E-state index contributed by atoms with van der Waals surface area (Å²) in [6.07, 6.45) is 2.40. The highest BCUT2D eigenvalue weighted by atomic mass is 16.2. The Labute approximate surface area is 76.8 Å². The standard InChI is InChI=1S/C8H15N3O2/c9-6(12)2-1-5-11-7(13)8(10)3-4-8/h1-5,10H2,(H2,9,12)(H,11,13). The lowest BCUT2D eigenvalue weighted by Gasteiger charge is -2.08. The minimum atomic E-state index is -0.618. The quantitative estimate of drug-likeness (QED) is 0.472. The zero-order chi connectivity index (χ0) is 9.90. The molecule has 0 bridgehead atoms. The smallest absolute Gasteiger partial charge is 0.240 e. The van der Waals surface area contributed by atoms with Crippen LogP contribution < -0.4 is 16.8 Å². The van der Waals surface area contributed by atoms with Crippen LogP contribution in [0.4, 0.5) is 0 Å². The van der Waals surface area contributed by atoms with Crippen LogP contribution >= 0.6 is 0 Å². The maximum absolute atomic E-state index is 11.2. The maximum atomic E-state index is 11.2. The predicted octanol–water partition coefficient (Wildman–Crippen LogP) is -1.14. The van der Waals surface area contributed by atoms with Crippen molar-refractivity contribution in [2.24, 2.45) is 11.5 Å². The molecule has 0 aromatic carbocycles. The molecule has 1 saturated carbocycles. The van der Waals surface area contributed by atoms with Crippen LogP contribution in [0.15, 0.2) is 0 Å². The van der Waals surface area contributed by atoms with Crippen LogP contribution in [0.5, 0.6) is 0 Å². The van der Waals surface area contributed by atoms with Crippen LogP contribution in [-0.4, -0.2) is 23.9 Å². The summed E-state index contributed by atoms with van der Waals surface area (Å²) in [5.41, 5.74) is 9.94. The van der Waals surface area contributed by atoms with Crippen molar-refractivity contribution in [3.05, 3.63) is 0 Å². The molecule has 0 atom stereocenters. The van der Waals surface area contributed by atoms with Crippen molar-refractivity contribution in [1.82, 2.24) is 5.32 Å². The Balaban J connectivity index is 2.06. The van der Waals surface area contributed by atoms with Crippen molar-refractivity contribution in [2.45, 2.75) is 31.2 Å². The summed E-state index contributed by atoms with van der Waals surface area (Å²) in [6, 6.07) is 0. The van der Waals surface area contributed by atoms with E-state index >= 15 is 0 Å². The van der Waals surface area contributed by atoms with Gasteiger partial charge >= 0.3 is 0 Å². The number of hydrogen-bond acceptors (Lipinski definition) is 3. The summed E-state index contributed by atoms with van der Waals surface area (Å²) >= 11 is 0. The summed E-state index contributed by atoms with van der Waals surface area (Å²) in [4.78, 5) is 21.6. The van der Waals surface area contributed by atoms with Crippen LogP contribution in [0.1, 0.15) is 25.7 Å². The molecule has 1 fully saturated rings. The second-order valence-electron chi connectivity index (χ2n) is 3.48. The molecule has 1 aliphatic rings. The minimum absolute atomic E-state index is 0.114. The third-order valence-electron chi connectivity index (χ3n) is 2.13. The van der Waals surface area contributed by atoms with Gasteiger partial charge in [-0.15, -0.1) is 0 Å². The van der Waals surface area contributed by atoms with Gasteiger partial charge in [-0.1, -0.05) is 0 Å². The number of amides is 2. The van der Waals surface area contributed by atoms with Crippen LogP contribution in [0.3, 0.4) is 0 Å². The zero-order valence-electron chi connectivity index (χ0n) is 7.51. The number of carbonyl (C=O) groups excluding carboxylic acids is 2. The lowest BCUT2D eigenvalue weighted by Crippen LogP contribution is -2.43. The number of hydrogen-bond donors (Lipinski definition) is 3. The first-order valence-electron chi connectivity index (χ1n) is 4.40. The van der Waals surface area contributed by atoms with Crippen molar-refractivity contribution in [3.8, 4) is 0 Å². The molecule has 74 valence electrons. The maximum Gasteiger partial charge on any atom is 0.240 e. The van der Waals surface area contributed by atoms with Gasteiger partial charge in [-0.2, -0.15) is 0 Å². The van der Waals surface area contributed by atoms with E-state index in [-0.39, 0.29) is 11.8 Å². The first-order chi connectivity index (χ1) is 6.04. The second kappa shape index (κ2) is 3.74. The Morgan fingerprint density at radius 3 is 2.46 bits per heavy atom. The van der Waals surface area contributed by atoms with Gasteiger partial charge in [-0.05, 0) is 19.3 Å². The molecule has 1 aliphatic carbocycles. The molecule has 1 rings (SSSR count). The first kappa shape index (κ1) is 9.98. The van der Waals surface area contributed by atoms with Crippen molar-refractivity contribution >= 4 is 11.8 Å². The van der Waals surface area contributed by atoms with Crippen LogP contribution in [0.25, 0.3) is 0 Å². The Morgan fingerprint density at radius 2 is 2.00 bits per heavy atom. The van der Waals surface area contributed by atoms with Gasteiger partial charge in [0.2, 0.25) is 11.8 Å². The number of nitrogens with two attached hydrogens (primary N) is 2. The summed E-state index contributed by atoms with van der Waals surface area (Å²) in [7, 11) is 0. The lowest BCUT2D eigenvalue weighted by atomic mass is 10.2. The number of primary amides is 1. The van der Waals surface area contributed by atoms with Gasteiger partial charge in [-0.3, -0.25) is 9.59 Å². The Kier molecular flexibility index (Phi) is 2.87. The summed E-state index contributed by atoms with van der Waals surface area (Å²) in [5, 5.41) is 2.67. The molecule has 0 radical (unpaired) electrons. The third kappa shape index (κ3) is 3.02. The monoisotopic (exact) mass is 185 g/mol. The molecule has 5 nitrogen and oxygen atoms in total. The number of nitrogens with one attached hydrogen (secondary N) is 1. The predicted molar refractivity (Wildman–Crippen MR) is 47.6 cm³/mol. The molecule has 0 heterocycles. The van der Waals surface area contributed by atoms with E-state index < -0.39 is 5.54 Å². The lowest BCUT2D eigenvalue weighted by molar-refractivity contribution is -0.123. The summed E-state index contributed by atoms with van der Waals surface area (Å²) in [5.74, 6) is -0.458. The van der Waals surface area contributed by atoms with E-state index in [1.807, 2.05) is 0 Å². The molecule has 13 heavy (non-hydrogen) atoms. The molecule has 0 aromatic heterocycles. The van der Waals surface area contributed by atoms with Gasteiger partial charge in [0.15, 0.2) is 0 Å². The molecular weight excluding hydrogens is 170 g/mol. The molecule has 0 saturated heterocycles. The molecule has 0 aliphatic heterocycles. The van der Waals surface area contributed by atoms with Crippen LogP contribution in [0.2, 0.25) is 0 Å². The third-order valence-corrected chi connectivity index (χ3v) is 2.13. The van der Waals surface area contributed by atoms with Crippen molar-refractivity contribution in [1.29, 1.82) is 0 Å². The van der Waals surface area contributed by atoms with E-state index in [1.54, 1.807) is 0 Å². The molecule has 2 amide bonds. The Bertz CT molecular complexity index is 223. The van der Waals surface area contributed by atoms with E-state index in [4.69, 9.17) is 11.5 Å².